The van der Waals surface area contributed by atoms with E-state index in [1.807, 2.05) is 40.0 Å². The number of hydrogen-bond donors (Lipinski definition) is 1. The highest BCUT2D eigenvalue weighted by atomic mass is 16.1. The summed E-state index contributed by atoms with van der Waals surface area (Å²) in [5.74, 6) is 0.928. The first-order valence-electron chi connectivity index (χ1n) is 6.71. The Hall–Kier alpha value is -2.77. The quantitative estimate of drug-likeness (QED) is 0.900. The van der Waals surface area contributed by atoms with E-state index in [0.717, 1.165) is 5.69 Å². The Morgan fingerprint density at radius 2 is 1.77 bits per heavy atom. The fourth-order valence-electron chi connectivity index (χ4n) is 1.76. The fraction of sp³-hybridized carbons (Fsp3) is 0.357. The SMILES string of the molecule is Cc1cc(NC(=O)c2cnc(N(C)C)cn2)c(N(C)C)nn1. The van der Waals surface area contributed by atoms with Crippen molar-refractivity contribution in [1.82, 2.24) is 20.2 Å². The van der Waals surface area contributed by atoms with Gasteiger partial charge in [0.2, 0.25) is 0 Å². The van der Waals surface area contributed by atoms with Gasteiger partial charge in [-0.25, -0.2) is 9.97 Å². The third kappa shape index (κ3) is 3.46. The van der Waals surface area contributed by atoms with Crippen molar-refractivity contribution in [3.8, 4) is 0 Å². The number of rotatable bonds is 4. The van der Waals surface area contributed by atoms with Crippen LogP contribution in [0, 0.1) is 6.92 Å². The van der Waals surface area contributed by atoms with Crippen LogP contribution in [-0.2, 0) is 0 Å². The zero-order chi connectivity index (χ0) is 16.3. The van der Waals surface area contributed by atoms with E-state index < -0.39 is 0 Å². The monoisotopic (exact) mass is 301 g/mol. The summed E-state index contributed by atoms with van der Waals surface area (Å²) in [5.41, 5.74) is 1.54. The molecular weight excluding hydrogens is 282 g/mol. The molecule has 22 heavy (non-hydrogen) atoms. The van der Waals surface area contributed by atoms with Gasteiger partial charge in [0.25, 0.3) is 5.91 Å². The Morgan fingerprint density at radius 1 is 1.05 bits per heavy atom. The summed E-state index contributed by atoms with van der Waals surface area (Å²) in [5, 5.41) is 10.9. The van der Waals surface area contributed by atoms with Crippen molar-refractivity contribution in [2.24, 2.45) is 0 Å². The second kappa shape index (κ2) is 6.33. The molecule has 0 saturated carbocycles. The van der Waals surface area contributed by atoms with Gasteiger partial charge in [0.1, 0.15) is 11.5 Å². The minimum absolute atomic E-state index is 0.241. The lowest BCUT2D eigenvalue weighted by Crippen LogP contribution is -2.20. The zero-order valence-corrected chi connectivity index (χ0v) is 13.3. The Kier molecular flexibility index (Phi) is 4.50. The van der Waals surface area contributed by atoms with Gasteiger partial charge in [0.15, 0.2) is 5.82 Å². The lowest BCUT2D eigenvalue weighted by molar-refractivity contribution is 0.102. The number of carbonyl (C=O) groups is 1. The number of anilines is 3. The third-order valence-electron chi connectivity index (χ3n) is 2.90. The summed E-state index contributed by atoms with van der Waals surface area (Å²) in [7, 11) is 7.39. The maximum absolute atomic E-state index is 12.3. The molecule has 0 bridgehead atoms. The van der Waals surface area contributed by atoms with Gasteiger partial charge in [-0.3, -0.25) is 4.79 Å². The predicted octanol–water partition coefficient (Wildman–Crippen LogP) is 0.959. The molecule has 0 aliphatic carbocycles. The van der Waals surface area contributed by atoms with Gasteiger partial charge in [-0.2, -0.15) is 5.10 Å². The Balaban J connectivity index is 2.23. The Morgan fingerprint density at radius 3 is 2.32 bits per heavy atom. The van der Waals surface area contributed by atoms with Gasteiger partial charge in [-0.05, 0) is 13.0 Å². The molecule has 0 spiro atoms. The zero-order valence-electron chi connectivity index (χ0n) is 13.3. The summed E-state index contributed by atoms with van der Waals surface area (Å²) in [4.78, 5) is 24.2. The highest BCUT2D eigenvalue weighted by Gasteiger charge is 2.14. The molecule has 2 heterocycles. The van der Waals surface area contributed by atoms with Crippen LogP contribution in [0.4, 0.5) is 17.3 Å². The summed E-state index contributed by atoms with van der Waals surface area (Å²) in [6.45, 7) is 1.81. The highest BCUT2D eigenvalue weighted by Crippen LogP contribution is 2.21. The molecular formula is C14H19N7O. The minimum Gasteiger partial charge on any atom is -0.361 e. The van der Waals surface area contributed by atoms with Crippen molar-refractivity contribution in [3.63, 3.8) is 0 Å². The van der Waals surface area contributed by atoms with E-state index in [-0.39, 0.29) is 11.6 Å². The van der Waals surface area contributed by atoms with E-state index >= 15 is 0 Å². The average molecular weight is 301 g/mol. The maximum atomic E-state index is 12.3. The molecule has 1 N–H and O–H groups in total. The van der Waals surface area contributed by atoms with Crippen LogP contribution in [0.25, 0.3) is 0 Å². The summed E-state index contributed by atoms with van der Waals surface area (Å²) >= 11 is 0. The van der Waals surface area contributed by atoms with Gasteiger partial charge >= 0.3 is 0 Å². The fourth-order valence-corrected chi connectivity index (χ4v) is 1.76. The number of hydrogen-bond acceptors (Lipinski definition) is 7. The van der Waals surface area contributed by atoms with Crippen molar-refractivity contribution in [3.05, 3.63) is 29.8 Å². The van der Waals surface area contributed by atoms with Crippen molar-refractivity contribution in [2.45, 2.75) is 6.92 Å². The van der Waals surface area contributed by atoms with E-state index in [1.54, 1.807) is 17.2 Å². The van der Waals surface area contributed by atoms with E-state index in [9.17, 15) is 4.79 Å². The molecule has 0 aliphatic rings. The van der Waals surface area contributed by atoms with Crippen molar-refractivity contribution < 1.29 is 4.79 Å². The van der Waals surface area contributed by atoms with Gasteiger partial charge in [0, 0.05) is 28.2 Å². The largest absolute Gasteiger partial charge is 0.361 e. The first-order chi connectivity index (χ1) is 10.4. The number of aromatic nitrogens is 4. The van der Waals surface area contributed by atoms with Crippen molar-refractivity contribution in [2.75, 3.05) is 43.3 Å². The second-order valence-electron chi connectivity index (χ2n) is 5.23. The maximum Gasteiger partial charge on any atom is 0.275 e. The smallest absolute Gasteiger partial charge is 0.275 e. The standard InChI is InChI=1S/C14H19N7O/c1-9-6-10(13(19-18-9)21(4)5)17-14(22)11-7-16-12(8-15-11)20(2)3/h6-8H,1-5H3,(H,17,18,22). The molecule has 0 aromatic carbocycles. The van der Waals surface area contributed by atoms with Crippen LogP contribution in [0.3, 0.4) is 0 Å². The molecule has 2 aromatic rings. The lowest BCUT2D eigenvalue weighted by Gasteiger charge is -2.16. The van der Waals surface area contributed by atoms with E-state index in [0.29, 0.717) is 17.3 Å². The summed E-state index contributed by atoms with van der Waals surface area (Å²) in [6, 6.07) is 1.77. The predicted molar refractivity (Wildman–Crippen MR) is 85.4 cm³/mol. The van der Waals surface area contributed by atoms with Crippen molar-refractivity contribution in [1.29, 1.82) is 0 Å². The molecule has 116 valence electrons. The minimum atomic E-state index is -0.340. The second-order valence-corrected chi connectivity index (χ2v) is 5.23. The summed E-state index contributed by atoms with van der Waals surface area (Å²) in [6.07, 6.45) is 3.00. The van der Waals surface area contributed by atoms with Gasteiger partial charge in [0.05, 0.1) is 23.8 Å². The number of amides is 1. The molecule has 2 rings (SSSR count). The first-order valence-corrected chi connectivity index (χ1v) is 6.71. The molecule has 0 radical (unpaired) electrons. The Bertz CT molecular complexity index is 667. The average Bonchev–Trinajstić information content (AvgIpc) is 2.47. The topological polar surface area (TPSA) is 87.1 Å². The van der Waals surface area contributed by atoms with E-state index in [1.165, 1.54) is 6.20 Å². The van der Waals surface area contributed by atoms with Crippen LogP contribution in [0.5, 0.6) is 0 Å². The molecule has 0 fully saturated rings. The van der Waals surface area contributed by atoms with Gasteiger partial charge < -0.3 is 15.1 Å². The first kappa shape index (κ1) is 15.6. The van der Waals surface area contributed by atoms with Crippen LogP contribution >= 0.6 is 0 Å². The highest BCUT2D eigenvalue weighted by molar-refractivity contribution is 6.04. The third-order valence-corrected chi connectivity index (χ3v) is 2.90. The van der Waals surface area contributed by atoms with Gasteiger partial charge in [-0.15, -0.1) is 5.10 Å². The van der Waals surface area contributed by atoms with Crippen molar-refractivity contribution >= 4 is 23.2 Å². The van der Waals surface area contributed by atoms with Crippen LogP contribution in [0.2, 0.25) is 0 Å². The molecule has 0 unspecified atom stereocenters. The molecule has 2 aromatic heterocycles. The van der Waals surface area contributed by atoms with E-state index in [2.05, 4.69) is 25.5 Å². The number of carbonyl (C=O) groups excluding carboxylic acids is 1. The van der Waals surface area contributed by atoms with Crippen LogP contribution in [0.15, 0.2) is 18.5 Å². The number of nitrogens with zero attached hydrogens (tertiary/aromatic N) is 6. The normalized spacial score (nSPS) is 10.2. The molecule has 1 amide bonds. The molecule has 8 nitrogen and oxygen atoms in total. The molecule has 8 heteroatoms. The molecule has 0 saturated heterocycles. The molecule has 0 atom stereocenters. The lowest BCUT2D eigenvalue weighted by atomic mass is 10.3. The van der Waals surface area contributed by atoms with Crippen LogP contribution in [0.1, 0.15) is 16.2 Å². The van der Waals surface area contributed by atoms with Crippen LogP contribution in [-0.4, -0.2) is 54.3 Å². The van der Waals surface area contributed by atoms with E-state index in [4.69, 9.17) is 0 Å². The Labute approximate surface area is 129 Å². The van der Waals surface area contributed by atoms with Crippen LogP contribution < -0.4 is 15.1 Å². The molecule has 0 aliphatic heterocycles. The number of aryl methyl sites for hydroxylation is 1. The number of nitrogens with one attached hydrogen (secondary N) is 1. The summed E-state index contributed by atoms with van der Waals surface area (Å²) < 4.78 is 0. The van der Waals surface area contributed by atoms with Gasteiger partial charge in [-0.1, -0.05) is 0 Å².